The van der Waals surface area contributed by atoms with Crippen LogP contribution in [-0.4, -0.2) is 22.7 Å². The number of benzene rings is 1. The van der Waals surface area contributed by atoms with Crippen LogP contribution < -0.4 is 4.74 Å². The van der Waals surface area contributed by atoms with Gasteiger partial charge in [0.2, 0.25) is 5.78 Å². The van der Waals surface area contributed by atoms with Gasteiger partial charge in [-0.2, -0.15) is 5.10 Å². The maximum Gasteiger partial charge on any atom is 0.220 e. The van der Waals surface area contributed by atoms with Gasteiger partial charge in [-0.15, -0.1) is 0 Å². The average molecular weight is 270 g/mol. The Balaban J connectivity index is 2.59. The van der Waals surface area contributed by atoms with Crippen LogP contribution in [0.1, 0.15) is 16.1 Å². The first-order chi connectivity index (χ1) is 8.95. The first-order valence-electron chi connectivity index (χ1n) is 5.21. The molecule has 0 saturated carbocycles. The first kappa shape index (κ1) is 13.1. The molecule has 0 atom stereocenters. The maximum atomic E-state index is 13.5. The molecule has 1 aromatic heterocycles. The van der Waals surface area contributed by atoms with Crippen molar-refractivity contribution in [3.05, 3.63) is 47.0 Å². The number of ether oxygens (including phenoxy) is 1. The van der Waals surface area contributed by atoms with E-state index in [0.29, 0.717) is 12.1 Å². The van der Waals surface area contributed by atoms with Gasteiger partial charge in [0.1, 0.15) is 17.5 Å². The van der Waals surface area contributed by atoms with E-state index in [1.807, 2.05) is 0 Å². The van der Waals surface area contributed by atoms with E-state index in [1.165, 1.54) is 20.4 Å². The molecule has 2 aromatic rings. The number of ketones is 1. The second-order valence-electron chi connectivity index (χ2n) is 3.76. The fraction of sp³-hybridized carbons (Fsp3) is 0.167. The maximum absolute atomic E-state index is 13.5. The average Bonchev–Trinajstić information content (AvgIpc) is 2.68. The standard InChI is InChI=1S/C12H9F3N2O2/c1-17-11(9(19-2)5-16-17)12(18)10-7(14)3-6(13)4-8(10)15/h3-5H,1-2H3. The van der Waals surface area contributed by atoms with Crippen molar-refractivity contribution in [2.24, 2.45) is 7.05 Å². The minimum Gasteiger partial charge on any atom is -0.493 e. The number of aromatic nitrogens is 2. The molecule has 1 aromatic carbocycles. The zero-order chi connectivity index (χ0) is 14.2. The fourth-order valence-corrected chi connectivity index (χ4v) is 1.70. The quantitative estimate of drug-likeness (QED) is 0.802. The summed E-state index contributed by atoms with van der Waals surface area (Å²) in [5.74, 6) is -4.53. The number of halogens is 3. The Bertz CT molecular complexity index is 629. The summed E-state index contributed by atoms with van der Waals surface area (Å²) in [5.41, 5.74) is -0.963. The Hall–Kier alpha value is -2.31. The molecule has 4 nitrogen and oxygen atoms in total. The van der Waals surface area contributed by atoms with Crippen LogP contribution in [-0.2, 0) is 7.05 Å². The highest BCUT2D eigenvalue weighted by Gasteiger charge is 2.26. The molecule has 0 spiro atoms. The highest BCUT2D eigenvalue weighted by atomic mass is 19.1. The van der Waals surface area contributed by atoms with Gasteiger partial charge in [-0.3, -0.25) is 9.48 Å². The van der Waals surface area contributed by atoms with Crippen LogP contribution in [0.3, 0.4) is 0 Å². The van der Waals surface area contributed by atoms with Gasteiger partial charge >= 0.3 is 0 Å². The van der Waals surface area contributed by atoms with Gasteiger partial charge in [0, 0.05) is 19.2 Å². The van der Waals surface area contributed by atoms with Crippen LogP contribution in [0.4, 0.5) is 13.2 Å². The van der Waals surface area contributed by atoms with Crippen molar-refractivity contribution in [1.82, 2.24) is 9.78 Å². The van der Waals surface area contributed by atoms with E-state index in [9.17, 15) is 18.0 Å². The molecule has 100 valence electrons. The molecule has 0 N–H and O–H groups in total. The number of carbonyl (C=O) groups is 1. The van der Waals surface area contributed by atoms with E-state index in [0.717, 1.165) is 4.68 Å². The molecule has 0 aliphatic heterocycles. The van der Waals surface area contributed by atoms with Gasteiger partial charge in [0.05, 0.1) is 18.9 Å². The van der Waals surface area contributed by atoms with Gasteiger partial charge < -0.3 is 4.74 Å². The van der Waals surface area contributed by atoms with Crippen molar-refractivity contribution in [2.45, 2.75) is 0 Å². The topological polar surface area (TPSA) is 44.1 Å². The van der Waals surface area contributed by atoms with E-state index in [4.69, 9.17) is 4.74 Å². The van der Waals surface area contributed by atoms with Gasteiger partial charge in [0.25, 0.3) is 0 Å². The number of nitrogens with zero attached hydrogens (tertiary/aromatic N) is 2. The zero-order valence-electron chi connectivity index (χ0n) is 10.1. The molecule has 1 heterocycles. The lowest BCUT2D eigenvalue weighted by Gasteiger charge is -2.06. The third-order valence-corrected chi connectivity index (χ3v) is 2.57. The van der Waals surface area contributed by atoms with E-state index in [-0.39, 0.29) is 11.4 Å². The van der Waals surface area contributed by atoms with Crippen molar-refractivity contribution >= 4 is 5.78 Å². The smallest absolute Gasteiger partial charge is 0.220 e. The molecule has 0 radical (unpaired) electrons. The van der Waals surface area contributed by atoms with Crippen LogP contribution in [0.15, 0.2) is 18.3 Å². The number of methoxy groups -OCH3 is 1. The van der Waals surface area contributed by atoms with E-state index in [2.05, 4.69) is 5.10 Å². The SMILES string of the molecule is COc1cnn(C)c1C(=O)c1c(F)cc(F)cc1F. The second-order valence-corrected chi connectivity index (χ2v) is 3.76. The molecule has 7 heteroatoms. The molecule has 0 aliphatic rings. The van der Waals surface area contributed by atoms with Crippen LogP contribution in [0.5, 0.6) is 5.75 Å². The molecule has 19 heavy (non-hydrogen) atoms. The van der Waals surface area contributed by atoms with Crippen LogP contribution in [0, 0.1) is 17.5 Å². The summed E-state index contributed by atoms with van der Waals surface area (Å²) < 4.78 is 45.9. The number of aryl methyl sites for hydroxylation is 1. The zero-order valence-corrected chi connectivity index (χ0v) is 10.1. The first-order valence-corrected chi connectivity index (χ1v) is 5.21. The summed E-state index contributed by atoms with van der Waals surface area (Å²) in [6.45, 7) is 0. The lowest BCUT2D eigenvalue weighted by molar-refractivity contribution is 0.101. The predicted molar refractivity (Wildman–Crippen MR) is 59.5 cm³/mol. The van der Waals surface area contributed by atoms with Gasteiger partial charge in [0.15, 0.2) is 11.4 Å². The minimum atomic E-state index is -1.27. The fourth-order valence-electron chi connectivity index (χ4n) is 1.70. The second kappa shape index (κ2) is 4.75. The molecular weight excluding hydrogens is 261 g/mol. The van der Waals surface area contributed by atoms with Crippen molar-refractivity contribution in [3.63, 3.8) is 0 Å². The molecule has 0 fully saturated rings. The van der Waals surface area contributed by atoms with Crippen LogP contribution in [0.25, 0.3) is 0 Å². The summed E-state index contributed by atoms with van der Waals surface area (Å²) in [4.78, 5) is 12.1. The molecule has 0 aliphatic carbocycles. The monoisotopic (exact) mass is 270 g/mol. The molecule has 0 amide bonds. The Morgan fingerprint density at radius 3 is 2.37 bits per heavy atom. The number of hydrogen-bond donors (Lipinski definition) is 0. The highest BCUT2D eigenvalue weighted by Crippen LogP contribution is 2.24. The van der Waals surface area contributed by atoms with Crippen LogP contribution in [0.2, 0.25) is 0 Å². The highest BCUT2D eigenvalue weighted by molar-refractivity contribution is 6.09. The minimum absolute atomic E-state index is 0.0793. The summed E-state index contributed by atoms with van der Waals surface area (Å²) in [6.07, 6.45) is 1.24. The molecular formula is C12H9F3N2O2. The van der Waals surface area contributed by atoms with Gasteiger partial charge in [-0.25, -0.2) is 13.2 Å². The largest absolute Gasteiger partial charge is 0.493 e. The summed E-state index contributed by atoms with van der Waals surface area (Å²) in [5, 5.41) is 3.76. The Labute approximate surface area is 106 Å². The summed E-state index contributed by atoms with van der Waals surface area (Å²) >= 11 is 0. The number of hydrogen-bond acceptors (Lipinski definition) is 3. The number of rotatable bonds is 3. The Morgan fingerprint density at radius 1 is 1.26 bits per heavy atom. The third kappa shape index (κ3) is 2.18. The van der Waals surface area contributed by atoms with E-state index >= 15 is 0 Å². The van der Waals surface area contributed by atoms with Crippen LogP contribution >= 0.6 is 0 Å². The van der Waals surface area contributed by atoms with Gasteiger partial charge in [-0.05, 0) is 0 Å². The van der Waals surface area contributed by atoms with Crippen molar-refractivity contribution in [3.8, 4) is 5.75 Å². The normalized spacial score (nSPS) is 10.6. The number of carbonyl (C=O) groups excluding carboxylic acids is 1. The van der Waals surface area contributed by atoms with Gasteiger partial charge in [-0.1, -0.05) is 0 Å². The Morgan fingerprint density at radius 2 is 1.84 bits per heavy atom. The predicted octanol–water partition coefficient (Wildman–Crippen LogP) is 2.08. The molecule has 2 rings (SSSR count). The lowest BCUT2D eigenvalue weighted by Crippen LogP contribution is -2.13. The summed E-state index contributed by atoms with van der Waals surface area (Å²) in [6, 6.07) is 0.887. The van der Waals surface area contributed by atoms with Crippen molar-refractivity contribution in [1.29, 1.82) is 0 Å². The van der Waals surface area contributed by atoms with Crippen molar-refractivity contribution in [2.75, 3.05) is 7.11 Å². The third-order valence-electron chi connectivity index (χ3n) is 2.57. The molecule has 0 unspecified atom stereocenters. The summed E-state index contributed by atoms with van der Waals surface area (Å²) in [7, 11) is 2.72. The van der Waals surface area contributed by atoms with E-state index < -0.39 is 28.8 Å². The van der Waals surface area contributed by atoms with E-state index in [1.54, 1.807) is 0 Å². The Kier molecular flexibility index (Phi) is 3.28. The molecule has 0 bridgehead atoms. The van der Waals surface area contributed by atoms with Crippen molar-refractivity contribution < 1.29 is 22.7 Å². The lowest BCUT2D eigenvalue weighted by atomic mass is 10.1. The molecule has 0 saturated heterocycles.